The fourth-order valence-corrected chi connectivity index (χ4v) is 2.92. The average molecular weight is 288 g/mol. The first kappa shape index (κ1) is 13.8. The van der Waals surface area contributed by atoms with Crippen molar-refractivity contribution >= 4 is 34.6 Å². The van der Waals surface area contributed by atoms with Crippen molar-refractivity contribution in [1.82, 2.24) is 4.90 Å². The number of likely N-dealkylation sites (tertiary alicyclic amines) is 1. The number of rotatable bonds is 4. The molecule has 2 rings (SSSR count). The maximum atomic E-state index is 6.12. The third kappa shape index (κ3) is 3.67. The van der Waals surface area contributed by atoms with Crippen molar-refractivity contribution < 1.29 is 0 Å². The molecule has 0 unspecified atom stereocenters. The largest absolute Gasteiger partial charge is 0.399 e. The molecule has 1 aliphatic heterocycles. The zero-order chi connectivity index (χ0) is 13.0. The lowest BCUT2D eigenvalue weighted by Gasteiger charge is -2.26. The number of anilines is 2. The molecule has 0 radical (unpaired) electrons. The van der Waals surface area contributed by atoms with Crippen LogP contribution in [0.3, 0.4) is 0 Å². The summed E-state index contributed by atoms with van der Waals surface area (Å²) in [4.78, 5) is 2.47. The molecule has 1 aromatic rings. The highest BCUT2D eigenvalue weighted by Crippen LogP contribution is 2.32. The number of piperidine rings is 1. The lowest BCUT2D eigenvalue weighted by molar-refractivity contribution is 0.237. The van der Waals surface area contributed by atoms with Gasteiger partial charge in [0.1, 0.15) is 0 Å². The second-order valence-corrected chi connectivity index (χ2v) is 5.50. The summed E-state index contributed by atoms with van der Waals surface area (Å²) in [6.45, 7) is 4.27. The first-order chi connectivity index (χ1) is 8.66. The maximum Gasteiger partial charge on any atom is 0.0720 e. The van der Waals surface area contributed by atoms with Gasteiger partial charge in [0.2, 0.25) is 0 Å². The van der Waals surface area contributed by atoms with Crippen molar-refractivity contribution in [1.29, 1.82) is 0 Å². The van der Waals surface area contributed by atoms with Crippen LogP contribution in [0.5, 0.6) is 0 Å². The molecular formula is C13H19Cl2N3. The van der Waals surface area contributed by atoms with E-state index in [4.69, 9.17) is 28.9 Å². The monoisotopic (exact) mass is 287 g/mol. The molecule has 0 bridgehead atoms. The molecule has 0 aliphatic carbocycles. The molecule has 1 saturated heterocycles. The van der Waals surface area contributed by atoms with E-state index in [1.54, 1.807) is 12.1 Å². The zero-order valence-electron chi connectivity index (χ0n) is 10.4. The van der Waals surface area contributed by atoms with Crippen LogP contribution in [0.4, 0.5) is 11.4 Å². The molecule has 5 heteroatoms. The van der Waals surface area contributed by atoms with E-state index < -0.39 is 0 Å². The van der Waals surface area contributed by atoms with E-state index in [0.717, 1.165) is 18.8 Å². The minimum atomic E-state index is 0.582. The molecule has 1 fully saturated rings. The Balaban J connectivity index is 1.86. The van der Waals surface area contributed by atoms with Gasteiger partial charge in [-0.3, -0.25) is 0 Å². The molecular weight excluding hydrogens is 269 g/mol. The van der Waals surface area contributed by atoms with Gasteiger partial charge in [0, 0.05) is 18.8 Å². The van der Waals surface area contributed by atoms with E-state index in [9.17, 15) is 0 Å². The minimum Gasteiger partial charge on any atom is -0.399 e. The van der Waals surface area contributed by atoms with Crippen molar-refractivity contribution in [3.05, 3.63) is 22.2 Å². The lowest BCUT2D eigenvalue weighted by atomic mass is 10.1. The molecule has 1 aliphatic rings. The highest BCUT2D eigenvalue weighted by Gasteiger charge is 2.10. The van der Waals surface area contributed by atoms with Crippen molar-refractivity contribution in [2.75, 3.05) is 37.2 Å². The van der Waals surface area contributed by atoms with Crippen molar-refractivity contribution in [3.8, 4) is 0 Å². The summed E-state index contributed by atoms with van der Waals surface area (Å²) < 4.78 is 0. The minimum absolute atomic E-state index is 0.582. The van der Waals surface area contributed by atoms with Crippen LogP contribution >= 0.6 is 23.2 Å². The Kier molecular flexibility index (Phi) is 4.98. The normalized spacial score (nSPS) is 16.8. The molecule has 0 amide bonds. The van der Waals surface area contributed by atoms with E-state index in [-0.39, 0.29) is 0 Å². The van der Waals surface area contributed by atoms with Crippen LogP contribution < -0.4 is 11.1 Å². The third-order valence-corrected chi connectivity index (χ3v) is 3.84. The van der Waals surface area contributed by atoms with Gasteiger partial charge in [-0.2, -0.15) is 0 Å². The Morgan fingerprint density at radius 2 is 1.72 bits per heavy atom. The summed E-state index contributed by atoms with van der Waals surface area (Å²) in [5.41, 5.74) is 7.04. The van der Waals surface area contributed by atoms with Gasteiger partial charge in [-0.1, -0.05) is 29.6 Å². The summed E-state index contributed by atoms with van der Waals surface area (Å²) in [7, 11) is 0. The van der Waals surface area contributed by atoms with Crippen LogP contribution in [0.1, 0.15) is 19.3 Å². The van der Waals surface area contributed by atoms with Crippen molar-refractivity contribution in [2.45, 2.75) is 19.3 Å². The number of nitrogens with two attached hydrogens (primary N) is 1. The molecule has 0 saturated carbocycles. The van der Waals surface area contributed by atoms with Gasteiger partial charge >= 0.3 is 0 Å². The second kappa shape index (κ2) is 6.50. The fourth-order valence-electron chi connectivity index (χ4n) is 2.28. The highest BCUT2D eigenvalue weighted by atomic mass is 35.5. The van der Waals surface area contributed by atoms with E-state index >= 15 is 0 Å². The smallest absolute Gasteiger partial charge is 0.0720 e. The van der Waals surface area contributed by atoms with Gasteiger partial charge in [0.05, 0.1) is 15.7 Å². The molecule has 1 heterocycles. The predicted molar refractivity (Wildman–Crippen MR) is 79.7 cm³/mol. The summed E-state index contributed by atoms with van der Waals surface area (Å²) in [5.74, 6) is 0. The number of nitrogens with zero attached hydrogens (tertiary/aromatic N) is 1. The van der Waals surface area contributed by atoms with Gasteiger partial charge < -0.3 is 16.0 Å². The van der Waals surface area contributed by atoms with E-state index in [0.29, 0.717) is 15.7 Å². The summed E-state index contributed by atoms with van der Waals surface area (Å²) in [5, 5.41) is 4.46. The summed E-state index contributed by atoms with van der Waals surface area (Å²) >= 11 is 12.2. The van der Waals surface area contributed by atoms with Crippen LogP contribution in [0, 0.1) is 0 Å². The fraction of sp³-hybridized carbons (Fsp3) is 0.538. The number of halogens is 2. The SMILES string of the molecule is Nc1cc(Cl)c(NCCN2CCCCC2)c(Cl)c1. The molecule has 3 N–H and O–H groups in total. The Morgan fingerprint density at radius 1 is 1.11 bits per heavy atom. The number of hydrogen-bond acceptors (Lipinski definition) is 3. The Labute approximate surface area is 118 Å². The Hall–Kier alpha value is -0.640. The lowest BCUT2D eigenvalue weighted by Crippen LogP contribution is -2.33. The number of nitrogens with one attached hydrogen (secondary N) is 1. The Morgan fingerprint density at radius 3 is 2.33 bits per heavy atom. The second-order valence-electron chi connectivity index (χ2n) is 4.69. The van der Waals surface area contributed by atoms with Crippen molar-refractivity contribution in [2.24, 2.45) is 0 Å². The topological polar surface area (TPSA) is 41.3 Å². The molecule has 1 aromatic carbocycles. The average Bonchev–Trinajstić information content (AvgIpc) is 2.34. The molecule has 0 aromatic heterocycles. The number of benzene rings is 1. The quantitative estimate of drug-likeness (QED) is 0.833. The summed E-state index contributed by atoms with van der Waals surface area (Å²) in [6.07, 6.45) is 3.98. The first-order valence-corrected chi connectivity index (χ1v) is 7.13. The van der Waals surface area contributed by atoms with Crippen molar-refractivity contribution in [3.63, 3.8) is 0 Å². The van der Waals surface area contributed by atoms with Gasteiger partial charge in [-0.05, 0) is 38.1 Å². The molecule has 0 spiro atoms. The van der Waals surface area contributed by atoms with Gasteiger partial charge in [-0.25, -0.2) is 0 Å². The third-order valence-electron chi connectivity index (χ3n) is 3.24. The number of nitrogen functional groups attached to an aromatic ring is 1. The van der Waals surface area contributed by atoms with E-state index in [2.05, 4.69) is 10.2 Å². The number of hydrogen-bond donors (Lipinski definition) is 2. The first-order valence-electron chi connectivity index (χ1n) is 6.37. The van der Waals surface area contributed by atoms with Crippen LogP contribution in [0.25, 0.3) is 0 Å². The van der Waals surface area contributed by atoms with Gasteiger partial charge in [0.15, 0.2) is 0 Å². The van der Waals surface area contributed by atoms with Crippen LogP contribution in [-0.4, -0.2) is 31.1 Å². The predicted octanol–water partition coefficient (Wildman–Crippen LogP) is 3.47. The van der Waals surface area contributed by atoms with E-state index in [1.807, 2.05) is 0 Å². The van der Waals surface area contributed by atoms with Gasteiger partial charge in [0.25, 0.3) is 0 Å². The van der Waals surface area contributed by atoms with Gasteiger partial charge in [-0.15, -0.1) is 0 Å². The zero-order valence-corrected chi connectivity index (χ0v) is 11.9. The molecule has 0 atom stereocenters. The van der Waals surface area contributed by atoms with E-state index in [1.165, 1.54) is 32.4 Å². The van der Waals surface area contributed by atoms with Crippen LogP contribution in [-0.2, 0) is 0 Å². The summed E-state index contributed by atoms with van der Waals surface area (Å²) in [6, 6.07) is 3.44. The highest BCUT2D eigenvalue weighted by molar-refractivity contribution is 6.39. The van der Waals surface area contributed by atoms with Crippen LogP contribution in [0.2, 0.25) is 10.0 Å². The maximum absolute atomic E-state index is 6.12. The van der Waals surface area contributed by atoms with Crippen LogP contribution in [0.15, 0.2) is 12.1 Å². The molecule has 3 nitrogen and oxygen atoms in total. The Bertz CT molecular complexity index is 380. The standard InChI is InChI=1S/C13H19Cl2N3/c14-11-8-10(16)9-12(15)13(11)17-4-7-18-5-2-1-3-6-18/h8-9,17H,1-7,16H2. The molecule has 18 heavy (non-hydrogen) atoms. The molecule has 100 valence electrons.